The number of unbranched alkanes of at least 4 members (excludes halogenated alkanes) is 1. The molecule has 0 bridgehead atoms. The highest BCUT2D eigenvalue weighted by atomic mass is 16.4. The predicted molar refractivity (Wildman–Crippen MR) is 84.0 cm³/mol. The van der Waals surface area contributed by atoms with Gasteiger partial charge in [-0.2, -0.15) is 0 Å². The van der Waals surface area contributed by atoms with Crippen LogP contribution in [-0.4, -0.2) is 19.2 Å². The van der Waals surface area contributed by atoms with E-state index in [0.29, 0.717) is 11.0 Å². The molecule has 0 radical (unpaired) electrons. The van der Waals surface area contributed by atoms with E-state index in [1.807, 2.05) is 27.1 Å². The summed E-state index contributed by atoms with van der Waals surface area (Å²) in [6, 6.07) is 3.38. The number of aromatic hydroxyl groups is 1. The largest absolute Gasteiger partial charge is 0.507 e. The maximum atomic E-state index is 11.7. The SMILES string of the molecule is CCCCc1cc(=O)oc2cc(C)c(C[NH+](C)C)c(O)c12. The van der Waals surface area contributed by atoms with Gasteiger partial charge in [0.2, 0.25) is 0 Å². The second-order valence-corrected chi connectivity index (χ2v) is 5.97. The monoisotopic (exact) mass is 290 g/mol. The third-order valence-corrected chi connectivity index (χ3v) is 3.75. The topological polar surface area (TPSA) is 54.9 Å². The van der Waals surface area contributed by atoms with Crippen LogP contribution in [0.4, 0.5) is 0 Å². The van der Waals surface area contributed by atoms with E-state index in [0.717, 1.165) is 42.5 Å². The normalized spacial score (nSPS) is 11.5. The summed E-state index contributed by atoms with van der Waals surface area (Å²) in [6.45, 7) is 4.79. The van der Waals surface area contributed by atoms with Crippen LogP contribution in [0.2, 0.25) is 0 Å². The van der Waals surface area contributed by atoms with E-state index in [-0.39, 0.29) is 11.4 Å². The minimum absolute atomic E-state index is 0.265. The van der Waals surface area contributed by atoms with Crippen molar-refractivity contribution in [3.05, 3.63) is 39.2 Å². The molecular weight excluding hydrogens is 266 g/mol. The van der Waals surface area contributed by atoms with Crippen molar-refractivity contribution in [1.29, 1.82) is 0 Å². The van der Waals surface area contributed by atoms with Crippen LogP contribution in [0.5, 0.6) is 5.75 Å². The number of rotatable bonds is 5. The molecule has 2 rings (SSSR count). The molecule has 4 nitrogen and oxygen atoms in total. The maximum Gasteiger partial charge on any atom is 0.336 e. The molecule has 0 aliphatic rings. The van der Waals surface area contributed by atoms with Crippen LogP contribution in [0.15, 0.2) is 21.3 Å². The molecule has 0 atom stereocenters. The number of fused-ring (bicyclic) bond motifs is 1. The van der Waals surface area contributed by atoms with Crippen molar-refractivity contribution < 1.29 is 14.4 Å². The van der Waals surface area contributed by atoms with Gasteiger partial charge in [0, 0.05) is 6.07 Å². The first-order valence-electron chi connectivity index (χ1n) is 7.51. The highest BCUT2D eigenvalue weighted by Crippen LogP contribution is 2.33. The Bertz CT molecular complexity index is 701. The lowest BCUT2D eigenvalue weighted by atomic mass is 9.98. The summed E-state index contributed by atoms with van der Waals surface area (Å²) in [6.07, 6.45) is 2.81. The second kappa shape index (κ2) is 6.31. The Kier molecular flexibility index (Phi) is 4.68. The molecule has 0 unspecified atom stereocenters. The van der Waals surface area contributed by atoms with Crippen molar-refractivity contribution in [3.8, 4) is 5.75 Å². The van der Waals surface area contributed by atoms with Crippen molar-refractivity contribution in [3.63, 3.8) is 0 Å². The molecule has 0 saturated heterocycles. The first-order valence-corrected chi connectivity index (χ1v) is 7.51. The predicted octanol–water partition coefficient (Wildman–Crippen LogP) is 1.79. The van der Waals surface area contributed by atoms with Crippen molar-refractivity contribution in [2.75, 3.05) is 14.1 Å². The van der Waals surface area contributed by atoms with Gasteiger partial charge in [0.25, 0.3) is 0 Å². The lowest BCUT2D eigenvalue weighted by molar-refractivity contribution is -0.872. The molecule has 2 aromatic rings. The number of benzene rings is 1. The summed E-state index contributed by atoms with van der Waals surface area (Å²) in [5, 5.41) is 11.4. The molecule has 1 aromatic carbocycles. The molecule has 0 amide bonds. The van der Waals surface area contributed by atoms with E-state index >= 15 is 0 Å². The summed E-state index contributed by atoms with van der Waals surface area (Å²) in [4.78, 5) is 12.9. The molecule has 0 spiro atoms. The number of aryl methyl sites for hydroxylation is 2. The average Bonchev–Trinajstić information content (AvgIpc) is 2.39. The molecule has 1 heterocycles. The molecule has 21 heavy (non-hydrogen) atoms. The summed E-state index contributed by atoms with van der Waals surface area (Å²) in [5.41, 5.74) is 2.90. The van der Waals surface area contributed by atoms with Crippen molar-refractivity contribution in [2.45, 2.75) is 39.7 Å². The molecule has 0 saturated carbocycles. The molecule has 114 valence electrons. The Hall–Kier alpha value is -1.81. The molecule has 1 aromatic heterocycles. The summed E-state index contributed by atoms with van der Waals surface area (Å²) in [7, 11) is 4.10. The third-order valence-electron chi connectivity index (χ3n) is 3.75. The zero-order chi connectivity index (χ0) is 15.6. The maximum absolute atomic E-state index is 11.7. The van der Waals surface area contributed by atoms with E-state index in [1.165, 1.54) is 11.0 Å². The van der Waals surface area contributed by atoms with E-state index < -0.39 is 0 Å². The fourth-order valence-electron chi connectivity index (χ4n) is 2.69. The van der Waals surface area contributed by atoms with Gasteiger partial charge in [0.05, 0.1) is 25.0 Å². The van der Waals surface area contributed by atoms with Crippen LogP contribution >= 0.6 is 0 Å². The minimum atomic E-state index is -0.349. The van der Waals surface area contributed by atoms with Crippen LogP contribution in [0.1, 0.15) is 36.5 Å². The number of nitrogens with one attached hydrogen (secondary N) is 1. The smallest absolute Gasteiger partial charge is 0.336 e. The van der Waals surface area contributed by atoms with Crippen LogP contribution in [0, 0.1) is 6.92 Å². The van der Waals surface area contributed by atoms with Gasteiger partial charge in [0.15, 0.2) is 0 Å². The van der Waals surface area contributed by atoms with E-state index in [1.54, 1.807) is 0 Å². The van der Waals surface area contributed by atoms with Crippen LogP contribution in [-0.2, 0) is 13.0 Å². The Balaban J connectivity index is 2.70. The zero-order valence-corrected chi connectivity index (χ0v) is 13.2. The van der Waals surface area contributed by atoms with Gasteiger partial charge in [-0.25, -0.2) is 4.79 Å². The fraction of sp³-hybridized carbons (Fsp3) is 0.471. The second-order valence-electron chi connectivity index (χ2n) is 5.97. The number of phenolic OH excluding ortho intramolecular Hbond substituents is 1. The summed E-state index contributed by atoms with van der Waals surface area (Å²) >= 11 is 0. The average molecular weight is 290 g/mol. The number of phenols is 1. The summed E-state index contributed by atoms with van der Waals surface area (Å²) in [5.74, 6) is 0.265. The fourth-order valence-corrected chi connectivity index (χ4v) is 2.69. The van der Waals surface area contributed by atoms with Gasteiger partial charge >= 0.3 is 5.63 Å². The Morgan fingerprint density at radius 1 is 1.29 bits per heavy atom. The third kappa shape index (κ3) is 3.27. The molecule has 0 fully saturated rings. The van der Waals surface area contributed by atoms with Crippen LogP contribution in [0.25, 0.3) is 11.0 Å². The Morgan fingerprint density at radius 3 is 2.62 bits per heavy atom. The molecule has 4 heteroatoms. The van der Waals surface area contributed by atoms with E-state index in [4.69, 9.17) is 4.42 Å². The standard InChI is InChI=1S/C17H23NO3/c1-5-6-7-12-9-15(19)21-14-8-11(2)13(10-18(3)4)17(20)16(12)14/h8-9,20H,5-7,10H2,1-4H3/p+1. The van der Waals surface area contributed by atoms with Gasteiger partial charge in [-0.1, -0.05) is 13.3 Å². The molecule has 0 aliphatic heterocycles. The molecular formula is C17H24NO3+. The minimum Gasteiger partial charge on any atom is -0.507 e. The first-order chi connectivity index (χ1) is 9.93. The Labute approximate surface area is 125 Å². The zero-order valence-electron chi connectivity index (χ0n) is 13.2. The molecule has 0 aliphatic carbocycles. The quantitative estimate of drug-likeness (QED) is 0.826. The summed E-state index contributed by atoms with van der Waals surface area (Å²) < 4.78 is 5.28. The number of quaternary nitrogens is 1. The van der Waals surface area contributed by atoms with E-state index in [2.05, 4.69) is 6.92 Å². The van der Waals surface area contributed by atoms with Gasteiger partial charge in [-0.05, 0) is 37.0 Å². The Morgan fingerprint density at radius 2 is 2.00 bits per heavy atom. The van der Waals surface area contributed by atoms with Gasteiger partial charge < -0.3 is 14.4 Å². The van der Waals surface area contributed by atoms with E-state index in [9.17, 15) is 9.90 Å². The van der Waals surface area contributed by atoms with Crippen LogP contribution < -0.4 is 10.5 Å². The number of hydrogen-bond acceptors (Lipinski definition) is 3. The van der Waals surface area contributed by atoms with Crippen molar-refractivity contribution in [1.82, 2.24) is 0 Å². The molecule has 2 N–H and O–H groups in total. The lowest BCUT2D eigenvalue weighted by Gasteiger charge is -2.15. The number of hydrogen-bond donors (Lipinski definition) is 2. The van der Waals surface area contributed by atoms with Gasteiger partial charge in [0.1, 0.15) is 17.9 Å². The highest BCUT2D eigenvalue weighted by Gasteiger charge is 2.17. The van der Waals surface area contributed by atoms with Gasteiger partial charge in [-0.15, -0.1) is 0 Å². The highest BCUT2D eigenvalue weighted by molar-refractivity contribution is 5.88. The van der Waals surface area contributed by atoms with Gasteiger partial charge in [-0.3, -0.25) is 0 Å². The van der Waals surface area contributed by atoms with Crippen LogP contribution in [0.3, 0.4) is 0 Å². The first kappa shape index (κ1) is 15.6. The van der Waals surface area contributed by atoms with Crippen molar-refractivity contribution in [2.24, 2.45) is 0 Å². The lowest BCUT2D eigenvalue weighted by Crippen LogP contribution is -3.04. The van der Waals surface area contributed by atoms with Crippen molar-refractivity contribution >= 4 is 11.0 Å².